The SMILES string of the molecule is COCCOC(=O)C1=C(C)N(C)C(=S)NC1c1ccccc1F. The molecule has 1 aliphatic heterocycles. The van der Waals surface area contributed by atoms with Gasteiger partial charge in [0.05, 0.1) is 18.2 Å². The number of esters is 1. The standard InChI is InChI=1S/C16H19FN2O3S/c1-10-13(15(20)22-9-8-21-3)14(18-16(23)19(10)2)11-6-4-5-7-12(11)17/h4-7,14H,8-9H2,1-3H3,(H,18,23). The van der Waals surface area contributed by atoms with Gasteiger partial charge in [0, 0.05) is 25.4 Å². The van der Waals surface area contributed by atoms with E-state index in [1.807, 2.05) is 0 Å². The molecule has 0 aliphatic carbocycles. The van der Waals surface area contributed by atoms with Gasteiger partial charge >= 0.3 is 5.97 Å². The molecule has 1 heterocycles. The van der Waals surface area contributed by atoms with E-state index in [0.29, 0.717) is 28.6 Å². The maximum absolute atomic E-state index is 14.2. The molecule has 1 N–H and O–H groups in total. The van der Waals surface area contributed by atoms with Crippen molar-refractivity contribution < 1.29 is 18.7 Å². The molecule has 7 heteroatoms. The monoisotopic (exact) mass is 338 g/mol. The van der Waals surface area contributed by atoms with Crippen molar-refractivity contribution in [1.82, 2.24) is 10.2 Å². The van der Waals surface area contributed by atoms with E-state index in [-0.39, 0.29) is 6.61 Å². The van der Waals surface area contributed by atoms with Gasteiger partial charge in [-0.25, -0.2) is 9.18 Å². The number of methoxy groups -OCH3 is 1. The Labute approximate surface area is 140 Å². The average Bonchev–Trinajstić information content (AvgIpc) is 2.53. The number of carbonyl (C=O) groups is 1. The summed E-state index contributed by atoms with van der Waals surface area (Å²) in [6.45, 7) is 2.18. The van der Waals surface area contributed by atoms with Gasteiger partial charge in [0.15, 0.2) is 5.11 Å². The van der Waals surface area contributed by atoms with Gasteiger partial charge in [-0.15, -0.1) is 0 Å². The smallest absolute Gasteiger partial charge is 0.338 e. The summed E-state index contributed by atoms with van der Waals surface area (Å²) in [5, 5.41) is 3.42. The van der Waals surface area contributed by atoms with Crippen LogP contribution in [0.15, 0.2) is 35.5 Å². The third-order valence-corrected chi connectivity index (χ3v) is 4.10. The predicted octanol–water partition coefficient (Wildman–Crippen LogP) is 2.15. The Morgan fingerprint density at radius 1 is 1.39 bits per heavy atom. The molecule has 0 saturated heterocycles. The molecule has 0 aromatic heterocycles. The van der Waals surface area contributed by atoms with E-state index >= 15 is 0 Å². The number of thiocarbonyl (C=S) groups is 1. The minimum absolute atomic E-state index is 0.129. The van der Waals surface area contributed by atoms with E-state index in [4.69, 9.17) is 21.7 Å². The van der Waals surface area contributed by atoms with Gasteiger partial charge in [0.1, 0.15) is 12.4 Å². The predicted molar refractivity (Wildman–Crippen MR) is 88.2 cm³/mol. The van der Waals surface area contributed by atoms with Crippen LogP contribution in [0.4, 0.5) is 4.39 Å². The zero-order valence-electron chi connectivity index (χ0n) is 13.3. The molecule has 5 nitrogen and oxygen atoms in total. The second-order valence-electron chi connectivity index (χ2n) is 5.09. The third-order valence-electron chi connectivity index (χ3n) is 3.71. The molecule has 1 aromatic carbocycles. The fourth-order valence-corrected chi connectivity index (χ4v) is 2.59. The van der Waals surface area contributed by atoms with Crippen molar-refractivity contribution in [3.05, 3.63) is 46.9 Å². The summed E-state index contributed by atoms with van der Waals surface area (Å²) in [4.78, 5) is 14.1. The van der Waals surface area contributed by atoms with Crippen molar-refractivity contribution in [2.45, 2.75) is 13.0 Å². The highest BCUT2D eigenvalue weighted by Crippen LogP contribution is 2.31. The van der Waals surface area contributed by atoms with Crippen LogP contribution in [0.3, 0.4) is 0 Å². The van der Waals surface area contributed by atoms with Gasteiger partial charge in [0.2, 0.25) is 0 Å². The first-order valence-electron chi connectivity index (χ1n) is 7.12. The molecule has 1 atom stereocenters. The molecule has 124 valence electrons. The Kier molecular flexibility index (Phi) is 5.68. The first-order valence-corrected chi connectivity index (χ1v) is 7.53. The van der Waals surface area contributed by atoms with Crippen LogP contribution in [0.5, 0.6) is 0 Å². The van der Waals surface area contributed by atoms with Gasteiger partial charge in [-0.2, -0.15) is 0 Å². The van der Waals surface area contributed by atoms with E-state index in [2.05, 4.69) is 5.32 Å². The summed E-state index contributed by atoms with van der Waals surface area (Å²) >= 11 is 5.26. The van der Waals surface area contributed by atoms with Crippen LogP contribution >= 0.6 is 12.2 Å². The number of hydrogen-bond donors (Lipinski definition) is 1. The summed E-state index contributed by atoms with van der Waals surface area (Å²) in [6.07, 6.45) is 0. The number of benzene rings is 1. The lowest BCUT2D eigenvalue weighted by molar-refractivity contribution is -0.140. The third kappa shape index (κ3) is 3.68. The Balaban J connectivity index is 2.40. The number of allylic oxidation sites excluding steroid dienone is 1. The quantitative estimate of drug-likeness (QED) is 0.504. The van der Waals surface area contributed by atoms with Crippen LogP contribution in [0.25, 0.3) is 0 Å². The van der Waals surface area contributed by atoms with Gasteiger partial charge in [0.25, 0.3) is 0 Å². The Morgan fingerprint density at radius 2 is 2.09 bits per heavy atom. The molecule has 1 aliphatic rings. The Bertz CT molecular complexity index is 648. The molecule has 2 rings (SSSR count). The molecule has 0 saturated carbocycles. The first-order chi connectivity index (χ1) is 11.0. The number of rotatable bonds is 5. The fraction of sp³-hybridized carbons (Fsp3) is 0.375. The topological polar surface area (TPSA) is 50.8 Å². The van der Waals surface area contributed by atoms with E-state index < -0.39 is 17.8 Å². The van der Waals surface area contributed by atoms with Gasteiger partial charge in [-0.1, -0.05) is 18.2 Å². The molecule has 1 unspecified atom stereocenters. The molecule has 0 radical (unpaired) electrons. The minimum atomic E-state index is -0.685. The van der Waals surface area contributed by atoms with Crippen molar-refractivity contribution in [3.63, 3.8) is 0 Å². The molecular weight excluding hydrogens is 319 g/mol. The number of halogens is 1. The van der Waals surface area contributed by atoms with Crippen molar-refractivity contribution >= 4 is 23.3 Å². The van der Waals surface area contributed by atoms with E-state index in [9.17, 15) is 9.18 Å². The minimum Gasteiger partial charge on any atom is -0.460 e. The molecule has 0 bridgehead atoms. The second-order valence-corrected chi connectivity index (χ2v) is 5.48. The molecule has 23 heavy (non-hydrogen) atoms. The molecule has 1 aromatic rings. The van der Waals surface area contributed by atoms with Crippen molar-refractivity contribution in [2.24, 2.45) is 0 Å². The van der Waals surface area contributed by atoms with Crippen LogP contribution in [0, 0.1) is 5.82 Å². The maximum atomic E-state index is 14.2. The normalized spacial score (nSPS) is 18.0. The Morgan fingerprint density at radius 3 is 2.74 bits per heavy atom. The first kappa shape index (κ1) is 17.4. The summed E-state index contributed by atoms with van der Waals surface area (Å²) in [6, 6.07) is 5.59. The number of hydrogen-bond acceptors (Lipinski definition) is 4. The van der Waals surface area contributed by atoms with Crippen molar-refractivity contribution in [2.75, 3.05) is 27.4 Å². The van der Waals surface area contributed by atoms with Gasteiger partial charge in [-0.3, -0.25) is 0 Å². The van der Waals surface area contributed by atoms with Crippen LogP contribution in [0.2, 0.25) is 0 Å². The highest BCUT2D eigenvalue weighted by Gasteiger charge is 2.34. The second kappa shape index (κ2) is 7.52. The van der Waals surface area contributed by atoms with Gasteiger partial charge in [-0.05, 0) is 25.2 Å². The molecular formula is C16H19FN2O3S. The molecule has 0 amide bonds. The number of carbonyl (C=O) groups excluding carboxylic acids is 1. The van der Waals surface area contributed by atoms with E-state index in [1.54, 1.807) is 37.1 Å². The summed E-state index contributed by atoms with van der Waals surface area (Å²) < 4.78 is 24.3. The maximum Gasteiger partial charge on any atom is 0.338 e. The highest BCUT2D eigenvalue weighted by molar-refractivity contribution is 7.80. The largest absolute Gasteiger partial charge is 0.460 e. The molecule has 0 fully saturated rings. The summed E-state index contributed by atoms with van der Waals surface area (Å²) in [5.41, 5.74) is 1.31. The average molecular weight is 338 g/mol. The van der Waals surface area contributed by atoms with Crippen LogP contribution in [0.1, 0.15) is 18.5 Å². The van der Waals surface area contributed by atoms with Crippen molar-refractivity contribution in [1.29, 1.82) is 0 Å². The summed E-state index contributed by atoms with van der Waals surface area (Å²) in [7, 11) is 3.26. The van der Waals surface area contributed by atoms with E-state index in [0.717, 1.165) is 0 Å². The zero-order chi connectivity index (χ0) is 17.0. The van der Waals surface area contributed by atoms with E-state index in [1.165, 1.54) is 13.2 Å². The number of nitrogens with zero attached hydrogens (tertiary/aromatic N) is 1. The summed E-state index contributed by atoms with van der Waals surface area (Å²) in [5.74, 6) is -0.929. The molecule has 0 spiro atoms. The highest BCUT2D eigenvalue weighted by atomic mass is 32.1. The van der Waals surface area contributed by atoms with Gasteiger partial charge < -0.3 is 19.7 Å². The Hall–Kier alpha value is -1.99. The van der Waals surface area contributed by atoms with Crippen LogP contribution in [-0.2, 0) is 14.3 Å². The fourth-order valence-electron chi connectivity index (χ4n) is 2.34. The lowest BCUT2D eigenvalue weighted by atomic mass is 9.95. The van der Waals surface area contributed by atoms with Crippen LogP contribution in [-0.4, -0.2) is 43.4 Å². The lowest BCUT2D eigenvalue weighted by Gasteiger charge is -2.35. The number of nitrogens with one attached hydrogen (secondary N) is 1. The van der Waals surface area contributed by atoms with Crippen molar-refractivity contribution in [3.8, 4) is 0 Å². The number of ether oxygens (including phenoxy) is 2. The van der Waals surface area contributed by atoms with Crippen LogP contribution < -0.4 is 5.32 Å². The zero-order valence-corrected chi connectivity index (χ0v) is 14.1. The lowest BCUT2D eigenvalue weighted by Crippen LogP contribution is -2.46.